The number of benzene rings is 1. The molecule has 1 atom stereocenters. The molecular formula is C19H19FN4O2. The lowest BCUT2D eigenvalue weighted by atomic mass is 9.97. The number of likely N-dealkylation sites (tertiary alicyclic amines) is 1. The predicted molar refractivity (Wildman–Crippen MR) is 93.0 cm³/mol. The number of aromatic nitrogens is 3. The quantitative estimate of drug-likeness (QED) is 0.724. The number of carbonyl (C=O) groups is 1. The van der Waals surface area contributed by atoms with Gasteiger partial charge in [0.2, 0.25) is 11.7 Å². The van der Waals surface area contributed by atoms with Crippen molar-refractivity contribution in [3.63, 3.8) is 0 Å². The molecule has 7 heteroatoms. The Morgan fingerprint density at radius 1 is 1.27 bits per heavy atom. The molecule has 2 aromatic heterocycles. The Hall–Kier alpha value is -2.96. The summed E-state index contributed by atoms with van der Waals surface area (Å²) in [5.41, 5.74) is 1.37. The number of piperidine rings is 1. The number of halogens is 1. The highest BCUT2D eigenvalue weighted by Gasteiger charge is 2.29. The number of nitrogens with zero attached hydrogens (tertiary/aromatic N) is 4. The first-order valence-electron chi connectivity index (χ1n) is 8.62. The molecule has 6 nitrogen and oxygen atoms in total. The second-order valence-electron chi connectivity index (χ2n) is 6.56. The summed E-state index contributed by atoms with van der Waals surface area (Å²) in [7, 11) is 1.93. The van der Waals surface area contributed by atoms with Gasteiger partial charge in [-0.25, -0.2) is 4.39 Å². The summed E-state index contributed by atoms with van der Waals surface area (Å²) in [5.74, 6) is 0.663. The Morgan fingerprint density at radius 2 is 2.08 bits per heavy atom. The lowest BCUT2D eigenvalue weighted by Gasteiger charge is -2.31. The van der Waals surface area contributed by atoms with E-state index in [1.165, 1.54) is 24.3 Å². The first kappa shape index (κ1) is 16.5. The van der Waals surface area contributed by atoms with Gasteiger partial charge in [-0.3, -0.25) is 4.79 Å². The standard InChI is InChI=1S/C19H19FN4O2/c1-23-10-3-5-16(23)17-21-18(26-22-17)14-4-2-11-24(12-14)19(25)13-6-8-15(20)9-7-13/h3,5-10,14H,2,4,11-12H2,1H3. The smallest absolute Gasteiger partial charge is 0.253 e. The Balaban J connectivity index is 1.50. The monoisotopic (exact) mass is 354 g/mol. The Morgan fingerprint density at radius 3 is 2.81 bits per heavy atom. The highest BCUT2D eigenvalue weighted by molar-refractivity contribution is 5.94. The third kappa shape index (κ3) is 3.12. The van der Waals surface area contributed by atoms with Crippen LogP contribution in [0.2, 0.25) is 0 Å². The van der Waals surface area contributed by atoms with Crippen molar-refractivity contribution in [2.75, 3.05) is 13.1 Å². The first-order chi connectivity index (χ1) is 12.6. The summed E-state index contributed by atoms with van der Waals surface area (Å²) < 4.78 is 20.5. The molecule has 0 saturated carbocycles. The fraction of sp³-hybridized carbons (Fsp3) is 0.316. The van der Waals surface area contributed by atoms with Gasteiger partial charge in [-0.1, -0.05) is 5.16 Å². The fourth-order valence-electron chi connectivity index (χ4n) is 3.34. The van der Waals surface area contributed by atoms with Crippen molar-refractivity contribution in [1.29, 1.82) is 0 Å². The second kappa shape index (κ2) is 6.74. The highest BCUT2D eigenvalue weighted by Crippen LogP contribution is 2.28. The molecule has 3 aromatic rings. The molecule has 4 rings (SSSR count). The van der Waals surface area contributed by atoms with Gasteiger partial charge in [0.1, 0.15) is 5.82 Å². The number of amides is 1. The van der Waals surface area contributed by atoms with Gasteiger partial charge in [-0.2, -0.15) is 4.98 Å². The molecule has 1 aromatic carbocycles. The molecule has 0 spiro atoms. The van der Waals surface area contributed by atoms with Crippen molar-refractivity contribution in [1.82, 2.24) is 19.6 Å². The van der Waals surface area contributed by atoms with Crippen molar-refractivity contribution in [3.05, 3.63) is 59.9 Å². The number of aryl methyl sites for hydroxylation is 1. The molecule has 1 amide bonds. The minimum Gasteiger partial charge on any atom is -0.348 e. The van der Waals surface area contributed by atoms with Crippen molar-refractivity contribution in [3.8, 4) is 11.5 Å². The van der Waals surface area contributed by atoms with Crippen LogP contribution in [0.5, 0.6) is 0 Å². The zero-order valence-electron chi connectivity index (χ0n) is 14.4. The summed E-state index contributed by atoms with van der Waals surface area (Å²) in [6, 6.07) is 9.50. The molecule has 1 aliphatic rings. The summed E-state index contributed by atoms with van der Waals surface area (Å²) in [6.45, 7) is 1.19. The minimum atomic E-state index is -0.350. The lowest BCUT2D eigenvalue weighted by Crippen LogP contribution is -2.39. The zero-order chi connectivity index (χ0) is 18.1. The second-order valence-corrected chi connectivity index (χ2v) is 6.56. The van der Waals surface area contributed by atoms with E-state index in [1.807, 2.05) is 29.9 Å². The van der Waals surface area contributed by atoms with Crippen molar-refractivity contribution in [2.45, 2.75) is 18.8 Å². The fourth-order valence-corrected chi connectivity index (χ4v) is 3.34. The normalized spacial score (nSPS) is 17.5. The van der Waals surface area contributed by atoms with Crippen LogP contribution in [-0.2, 0) is 7.05 Å². The van der Waals surface area contributed by atoms with Gasteiger partial charge in [0.25, 0.3) is 5.91 Å². The van der Waals surface area contributed by atoms with Crippen LogP contribution in [0.4, 0.5) is 4.39 Å². The van der Waals surface area contributed by atoms with E-state index in [9.17, 15) is 9.18 Å². The third-order valence-electron chi connectivity index (χ3n) is 4.76. The Bertz CT molecular complexity index is 916. The topological polar surface area (TPSA) is 64.2 Å². The summed E-state index contributed by atoms with van der Waals surface area (Å²) in [6.07, 6.45) is 3.68. The van der Waals surface area contributed by atoms with Gasteiger partial charge in [0.05, 0.1) is 11.6 Å². The Labute approximate surface area is 150 Å². The third-order valence-corrected chi connectivity index (χ3v) is 4.76. The molecule has 0 aliphatic carbocycles. The van der Waals surface area contributed by atoms with E-state index in [2.05, 4.69) is 10.1 Å². The zero-order valence-corrected chi connectivity index (χ0v) is 14.4. The number of hydrogen-bond acceptors (Lipinski definition) is 4. The molecule has 1 aliphatic heterocycles. The van der Waals surface area contributed by atoms with Gasteiger partial charge < -0.3 is 14.0 Å². The molecule has 1 fully saturated rings. The van der Waals surface area contributed by atoms with Crippen molar-refractivity contribution >= 4 is 5.91 Å². The average Bonchev–Trinajstić information content (AvgIpc) is 3.30. The SMILES string of the molecule is Cn1cccc1-c1noc(C2CCCN(C(=O)c3ccc(F)cc3)C2)n1. The van der Waals surface area contributed by atoms with Gasteiger partial charge >= 0.3 is 0 Å². The average molecular weight is 354 g/mol. The summed E-state index contributed by atoms with van der Waals surface area (Å²) in [4.78, 5) is 19.0. The minimum absolute atomic E-state index is 0.00895. The largest absolute Gasteiger partial charge is 0.348 e. The van der Waals surface area contributed by atoms with Crippen LogP contribution in [0.25, 0.3) is 11.5 Å². The number of hydrogen-bond donors (Lipinski definition) is 0. The van der Waals surface area contributed by atoms with Gasteiger partial charge in [-0.15, -0.1) is 0 Å². The van der Waals surface area contributed by atoms with Gasteiger partial charge in [0.15, 0.2) is 0 Å². The van der Waals surface area contributed by atoms with Crippen LogP contribution in [0.1, 0.15) is 35.0 Å². The van der Waals surface area contributed by atoms with E-state index in [0.717, 1.165) is 18.5 Å². The van der Waals surface area contributed by atoms with E-state index in [0.29, 0.717) is 30.4 Å². The summed E-state index contributed by atoms with van der Waals surface area (Å²) >= 11 is 0. The van der Waals surface area contributed by atoms with Crippen LogP contribution < -0.4 is 0 Å². The maximum Gasteiger partial charge on any atom is 0.253 e. The maximum atomic E-state index is 13.1. The Kier molecular flexibility index (Phi) is 4.28. The number of carbonyl (C=O) groups excluding carboxylic acids is 1. The lowest BCUT2D eigenvalue weighted by molar-refractivity contribution is 0.0695. The van der Waals surface area contributed by atoms with Gasteiger partial charge in [-0.05, 0) is 49.2 Å². The summed E-state index contributed by atoms with van der Waals surface area (Å²) in [5, 5.41) is 4.08. The van der Waals surface area contributed by atoms with Gasteiger partial charge in [0, 0.05) is 31.9 Å². The van der Waals surface area contributed by atoms with Crippen LogP contribution in [0.3, 0.4) is 0 Å². The first-order valence-corrected chi connectivity index (χ1v) is 8.62. The van der Waals surface area contributed by atoms with Crippen LogP contribution >= 0.6 is 0 Å². The molecule has 3 heterocycles. The predicted octanol–water partition coefficient (Wildman–Crippen LogP) is 3.23. The van der Waals surface area contributed by atoms with Crippen LogP contribution in [0, 0.1) is 5.82 Å². The van der Waals surface area contributed by atoms with Crippen molar-refractivity contribution in [2.24, 2.45) is 7.05 Å². The molecule has 0 N–H and O–H groups in total. The van der Waals surface area contributed by atoms with E-state index in [4.69, 9.17) is 4.52 Å². The van der Waals surface area contributed by atoms with Crippen LogP contribution in [0.15, 0.2) is 47.1 Å². The number of rotatable bonds is 3. The highest BCUT2D eigenvalue weighted by atomic mass is 19.1. The maximum absolute atomic E-state index is 13.1. The molecule has 134 valence electrons. The molecular weight excluding hydrogens is 335 g/mol. The molecule has 1 unspecified atom stereocenters. The van der Waals surface area contributed by atoms with Crippen LogP contribution in [-0.4, -0.2) is 38.6 Å². The molecule has 0 radical (unpaired) electrons. The molecule has 1 saturated heterocycles. The van der Waals surface area contributed by atoms with E-state index in [1.54, 1.807) is 4.90 Å². The van der Waals surface area contributed by atoms with Crippen molar-refractivity contribution < 1.29 is 13.7 Å². The van der Waals surface area contributed by atoms with E-state index < -0.39 is 0 Å². The molecule has 0 bridgehead atoms. The van der Waals surface area contributed by atoms with E-state index >= 15 is 0 Å². The van der Waals surface area contributed by atoms with E-state index in [-0.39, 0.29) is 17.6 Å². The molecule has 26 heavy (non-hydrogen) atoms.